The lowest BCUT2D eigenvalue weighted by atomic mass is 10.1. The molecule has 0 unspecified atom stereocenters. The van der Waals surface area contributed by atoms with E-state index in [0.29, 0.717) is 34.0 Å². The predicted octanol–water partition coefficient (Wildman–Crippen LogP) is 4.57. The summed E-state index contributed by atoms with van der Waals surface area (Å²) in [5.74, 6) is 0.557. The van der Waals surface area contributed by atoms with E-state index in [1.807, 2.05) is 20.8 Å². The molecule has 0 bridgehead atoms. The number of amides is 1. The first-order valence-corrected chi connectivity index (χ1v) is 9.99. The minimum absolute atomic E-state index is 0.167. The zero-order valence-corrected chi connectivity index (χ0v) is 18.7. The molecule has 0 fully saturated rings. The Labute approximate surface area is 187 Å². The summed E-state index contributed by atoms with van der Waals surface area (Å²) >= 11 is 0. The van der Waals surface area contributed by atoms with E-state index in [1.165, 1.54) is 20.3 Å². The molecule has 7 nitrogen and oxygen atoms in total. The largest absolute Gasteiger partial charge is 0.497 e. The molecule has 1 aromatic heterocycles. The molecule has 0 radical (unpaired) electrons. The number of ether oxygens (including phenoxy) is 2. The number of nitrogens with zero attached hydrogens (tertiary/aromatic N) is 2. The summed E-state index contributed by atoms with van der Waals surface area (Å²) in [4.78, 5) is 34.0. The van der Waals surface area contributed by atoms with Crippen molar-refractivity contribution in [3.8, 4) is 11.5 Å². The van der Waals surface area contributed by atoms with Gasteiger partial charge in [0.1, 0.15) is 11.5 Å². The van der Waals surface area contributed by atoms with Crippen LogP contribution < -0.4 is 14.8 Å². The van der Waals surface area contributed by atoms with E-state index in [4.69, 9.17) is 9.47 Å². The average molecular weight is 431 g/mol. The lowest BCUT2D eigenvalue weighted by molar-refractivity contribution is 0.102. The zero-order valence-electron chi connectivity index (χ0n) is 18.7. The maximum absolute atomic E-state index is 12.6. The van der Waals surface area contributed by atoms with E-state index < -0.39 is 0 Å². The van der Waals surface area contributed by atoms with Crippen molar-refractivity contribution in [2.24, 2.45) is 0 Å². The van der Waals surface area contributed by atoms with E-state index in [2.05, 4.69) is 15.3 Å². The Morgan fingerprint density at radius 2 is 1.41 bits per heavy atom. The summed E-state index contributed by atoms with van der Waals surface area (Å²) in [6.45, 7) is 5.65. The highest BCUT2D eigenvalue weighted by Gasteiger charge is 2.11. The highest BCUT2D eigenvalue weighted by Crippen LogP contribution is 2.23. The van der Waals surface area contributed by atoms with Crippen LogP contribution in [0.1, 0.15) is 43.5 Å². The number of carbonyl (C=O) groups is 2. The van der Waals surface area contributed by atoms with Crippen molar-refractivity contribution in [2.75, 3.05) is 19.5 Å². The van der Waals surface area contributed by atoms with Crippen molar-refractivity contribution in [2.45, 2.75) is 20.8 Å². The van der Waals surface area contributed by atoms with Crippen LogP contribution in [-0.4, -0.2) is 35.9 Å². The first-order valence-electron chi connectivity index (χ1n) is 9.99. The van der Waals surface area contributed by atoms with Gasteiger partial charge in [-0.05, 0) is 69.3 Å². The van der Waals surface area contributed by atoms with Gasteiger partial charge in [0, 0.05) is 22.9 Å². The maximum Gasteiger partial charge on any atom is 0.255 e. The molecular weight excluding hydrogens is 406 g/mol. The van der Waals surface area contributed by atoms with E-state index in [0.717, 1.165) is 17.1 Å². The smallest absolute Gasteiger partial charge is 0.255 e. The van der Waals surface area contributed by atoms with E-state index in [9.17, 15) is 9.59 Å². The zero-order chi connectivity index (χ0) is 23.3. The van der Waals surface area contributed by atoms with Gasteiger partial charge in [-0.25, -0.2) is 4.98 Å². The summed E-state index contributed by atoms with van der Waals surface area (Å²) in [6, 6.07) is 11.6. The molecule has 0 spiro atoms. The number of rotatable bonds is 7. The van der Waals surface area contributed by atoms with Gasteiger partial charge in [-0.3, -0.25) is 14.6 Å². The van der Waals surface area contributed by atoms with Gasteiger partial charge in [-0.15, -0.1) is 0 Å². The van der Waals surface area contributed by atoms with E-state index in [-0.39, 0.29) is 11.7 Å². The van der Waals surface area contributed by atoms with Crippen molar-refractivity contribution in [3.63, 3.8) is 0 Å². The van der Waals surface area contributed by atoms with Crippen LogP contribution in [0.25, 0.3) is 6.08 Å². The Bertz CT molecular complexity index is 1160. The fourth-order valence-corrected chi connectivity index (χ4v) is 3.00. The topological polar surface area (TPSA) is 90.4 Å². The standard InChI is InChI=1S/C25H25N3O4/c1-15-16(2)27-23(17(3)26-15)10-11-24(29)18-6-8-20(9-7-18)28-25(30)19-12-21(31-4)14-22(13-19)32-5/h6-14H,1-5H3,(H,28,30)/b11-10+. The van der Waals surface area contributed by atoms with Crippen molar-refractivity contribution >= 4 is 23.5 Å². The summed E-state index contributed by atoms with van der Waals surface area (Å²) < 4.78 is 10.4. The fourth-order valence-electron chi connectivity index (χ4n) is 3.00. The second-order valence-electron chi connectivity index (χ2n) is 7.20. The molecule has 0 atom stereocenters. The third-order valence-corrected chi connectivity index (χ3v) is 4.95. The SMILES string of the molecule is COc1cc(OC)cc(C(=O)Nc2ccc(C(=O)/C=C/c3nc(C)c(C)nc3C)cc2)c1. The Morgan fingerprint density at radius 3 is 2.00 bits per heavy atom. The third kappa shape index (κ3) is 5.37. The van der Waals surface area contributed by atoms with Crippen LogP contribution in [-0.2, 0) is 0 Å². The molecule has 1 amide bonds. The molecule has 0 saturated heterocycles. The van der Waals surface area contributed by atoms with Crippen LogP contribution in [0.15, 0.2) is 48.5 Å². The number of ketones is 1. The lowest BCUT2D eigenvalue weighted by Crippen LogP contribution is -2.12. The molecule has 0 aliphatic carbocycles. The van der Waals surface area contributed by atoms with Gasteiger partial charge in [-0.2, -0.15) is 0 Å². The molecule has 3 aromatic rings. The first kappa shape index (κ1) is 22.7. The van der Waals surface area contributed by atoms with Gasteiger partial charge in [0.25, 0.3) is 5.91 Å². The normalized spacial score (nSPS) is 10.8. The number of hydrogen-bond donors (Lipinski definition) is 1. The Kier molecular flexibility index (Phi) is 7.00. The minimum Gasteiger partial charge on any atom is -0.497 e. The van der Waals surface area contributed by atoms with Gasteiger partial charge in [0.05, 0.1) is 37.0 Å². The number of methoxy groups -OCH3 is 2. The predicted molar refractivity (Wildman–Crippen MR) is 124 cm³/mol. The van der Waals surface area contributed by atoms with Crippen molar-refractivity contribution in [3.05, 3.63) is 82.4 Å². The van der Waals surface area contributed by atoms with Gasteiger partial charge in [-0.1, -0.05) is 0 Å². The van der Waals surface area contributed by atoms with E-state index >= 15 is 0 Å². The molecule has 32 heavy (non-hydrogen) atoms. The van der Waals surface area contributed by atoms with Crippen molar-refractivity contribution < 1.29 is 19.1 Å². The number of hydrogen-bond acceptors (Lipinski definition) is 6. The Balaban J connectivity index is 1.70. The number of benzene rings is 2. The third-order valence-electron chi connectivity index (χ3n) is 4.95. The van der Waals surface area contributed by atoms with Gasteiger partial charge < -0.3 is 14.8 Å². The molecule has 164 valence electrons. The number of aryl methyl sites for hydroxylation is 3. The molecule has 0 aliphatic heterocycles. The van der Waals surface area contributed by atoms with Crippen LogP contribution in [0.3, 0.4) is 0 Å². The van der Waals surface area contributed by atoms with Crippen LogP contribution in [0.5, 0.6) is 11.5 Å². The van der Waals surface area contributed by atoms with E-state index in [1.54, 1.807) is 48.5 Å². The quantitative estimate of drug-likeness (QED) is 0.435. The number of aromatic nitrogens is 2. The van der Waals surface area contributed by atoms with Gasteiger partial charge in [0.15, 0.2) is 5.78 Å². The van der Waals surface area contributed by atoms with Crippen LogP contribution in [0.4, 0.5) is 5.69 Å². The van der Waals surface area contributed by atoms with Gasteiger partial charge >= 0.3 is 0 Å². The van der Waals surface area contributed by atoms with Crippen LogP contribution >= 0.6 is 0 Å². The molecule has 0 aliphatic rings. The monoisotopic (exact) mass is 431 g/mol. The maximum atomic E-state index is 12.6. The molecule has 7 heteroatoms. The molecule has 1 N–H and O–H groups in total. The summed E-state index contributed by atoms with van der Waals surface area (Å²) in [5.41, 5.74) is 4.59. The minimum atomic E-state index is -0.315. The van der Waals surface area contributed by atoms with Crippen LogP contribution in [0, 0.1) is 20.8 Å². The number of anilines is 1. The lowest BCUT2D eigenvalue weighted by Gasteiger charge is -2.09. The van der Waals surface area contributed by atoms with Gasteiger partial charge in [0.2, 0.25) is 0 Å². The fraction of sp³-hybridized carbons (Fsp3) is 0.200. The summed E-state index contributed by atoms with van der Waals surface area (Å²) in [6.07, 6.45) is 3.14. The molecule has 3 rings (SSSR count). The first-order chi connectivity index (χ1) is 15.3. The summed E-state index contributed by atoms with van der Waals surface area (Å²) in [5, 5.41) is 2.81. The molecule has 1 heterocycles. The molecule has 2 aromatic carbocycles. The number of nitrogens with one attached hydrogen (secondary N) is 1. The second-order valence-corrected chi connectivity index (χ2v) is 7.20. The Morgan fingerprint density at radius 1 is 0.812 bits per heavy atom. The Hall–Kier alpha value is -4.00. The van der Waals surface area contributed by atoms with Crippen molar-refractivity contribution in [1.29, 1.82) is 0 Å². The second kappa shape index (κ2) is 9.87. The molecule has 0 saturated carbocycles. The van der Waals surface area contributed by atoms with Crippen molar-refractivity contribution in [1.82, 2.24) is 9.97 Å². The average Bonchev–Trinajstić information content (AvgIpc) is 2.80. The summed E-state index contributed by atoms with van der Waals surface area (Å²) in [7, 11) is 3.04. The number of carbonyl (C=O) groups excluding carboxylic acids is 2. The van der Waals surface area contributed by atoms with Crippen LogP contribution in [0.2, 0.25) is 0 Å². The highest BCUT2D eigenvalue weighted by atomic mass is 16.5. The number of allylic oxidation sites excluding steroid dienone is 1. The highest BCUT2D eigenvalue weighted by molar-refractivity contribution is 6.08. The molecular formula is C25H25N3O4.